The SMILES string of the molecule is NNC=NS(=O)(=O)C[C@H](N)C(=O)O. The van der Waals surface area contributed by atoms with Gasteiger partial charge in [-0.15, -0.1) is 0 Å². The van der Waals surface area contributed by atoms with Crippen LogP contribution < -0.4 is 17.0 Å². The van der Waals surface area contributed by atoms with Crippen LogP contribution >= 0.6 is 0 Å². The average molecular weight is 210 g/mol. The van der Waals surface area contributed by atoms with Crippen LogP contribution in [-0.4, -0.2) is 37.6 Å². The van der Waals surface area contributed by atoms with Crippen LogP contribution in [0.2, 0.25) is 0 Å². The lowest BCUT2D eigenvalue weighted by molar-refractivity contribution is -0.137. The summed E-state index contributed by atoms with van der Waals surface area (Å²) < 4.78 is 24.7. The van der Waals surface area contributed by atoms with Crippen LogP contribution in [0.5, 0.6) is 0 Å². The minimum absolute atomic E-state index is 0.726. The first-order chi connectivity index (χ1) is 5.89. The van der Waals surface area contributed by atoms with Gasteiger partial charge in [0.25, 0.3) is 10.0 Å². The molecule has 9 heteroatoms. The minimum atomic E-state index is -3.87. The number of nitrogens with one attached hydrogen (secondary N) is 1. The highest BCUT2D eigenvalue weighted by molar-refractivity contribution is 7.90. The summed E-state index contributed by atoms with van der Waals surface area (Å²) in [6.07, 6.45) is 0.726. The third-order valence-corrected chi connectivity index (χ3v) is 2.20. The Morgan fingerprint density at radius 3 is 2.62 bits per heavy atom. The maximum absolute atomic E-state index is 10.9. The average Bonchev–Trinajstić information content (AvgIpc) is 2.00. The quantitative estimate of drug-likeness (QED) is 0.166. The summed E-state index contributed by atoms with van der Waals surface area (Å²) >= 11 is 0. The van der Waals surface area contributed by atoms with Gasteiger partial charge in [-0.25, -0.2) is 14.3 Å². The lowest BCUT2D eigenvalue weighted by Gasteiger charge is -2.02. The summed E-state index contributed by atoms with van der Waals surface area (Å²) in [5.74, 6) is 2.55. The molecule has 0 aliphatic rings. The van der Waals surface area contributed by atoms with E-state index in [2.05, 4.69) is 4.40 Å². The fraction of sp³-hybridized carbons (Fsp3) is 0.500. The predicted octanol–water partition coefficient (Wildman–Crippen LogP) is -2.78. The van der Waals surface area contributed by atoms with Gasteiger partial charge < -0.3 is 16.3 Å². The second-order valence-corrected chi connectivity index (χ2v) is 3.80. The number of hydrogen-bond acceptors (Lipinski definition) is 5. The molecule has 0 heterocycles. The van der Waals surface area contributed by atoms with Crippen molar-refractivity contribution in [2.75, 3.05) is 5.75 Å². The molecule has 0 unspecified atom stereocenters. The molecule has 6 N–H and O–H groups in total. The van der Waals surface area contributed by atoms with Crippen molar-refractivity contribution >= 4 is 22.3 Å². The van der Waals surface area contributed by atoms with Crippen molar-refractivity contribution in [1.82, 2.24) is 5.43 Å². The molecule has 0 aromatic rings. The molecule has 0 bridgehead atoms. The second kappa shape index (κ2) is 4.74. The zero-order chi connectivity index (χ0) is 10.5. The summed E-state index contributed by atoms with van der Waals surface area (Å²) in [5, 5.41) is 8.29. The van der Waals surface area contributed by atoms with Gasteiger partial charge in [0.2, 0.25) is 0 Å². The summed E-state index contributed by atoms with van der Waals surface area (Å²) in [6.45, 7) is 0. The van der Waals surface area contributed by atoms with Gasteiger partial charge in [-0.3, -0.25) is 4.79 Å². The van der Waals surface area contributed by atoms with E-state index in [1.165, 1.54) is 0 Å². The smallest absolute Gasteiger partial charge is 0.321 e. The maximum Gasteiger partial charge on any atom is 0.321 e. The Morgan fingerprint density at radius 2 is 2.23 bits per heavy atom. The molecule has 13 heavy (non-hydrogen) atoms. The van der Waals surface area contributed by atoms with E-state index in [4.69, 9.17) is 16.7 Å². The van der Waals surface area contributed by atoms with Gasteiger partial charge in [-0.2, -0.15) is 4.40 Å². The monoisotopic (exact) mass is 210 g/mol. The number of carbonyl (C=O) groups is 1. The third-order valence-electron chi connectivity index (χ3n) is 0.995. The first-order valence-electron chi connectivity index (χ1n) is 3.10. The third kappa shape index (κ3) is 5.11. The van der Waals surface area contributed by atoms with Crippen molar-refractivity contribution in [1.29, 1.82) is 0 Å². The highest BCUT2D eigenvalue weighted by Crippen LogP contribution is 1.93. The minimum Gasteiger partial charge on any atom is -0.480 e. The molecule has 0 radical (unpaired) electrons. The normalized spacial score (nSPS) is 14.3. The summed E-state index contributed by atoms with van der Waals surface area (Å²) in [7, 11) is -3.87. The Bertz CT molecular complexity index is 297. The Balaban J connectivity index is 4.35. The number of carboxylic acids is 1. The number of rotatable bonds is 5. The van der Waals surface area contributed by atoms with Gasteiger partial charge in [0.1, 0.15) is 12.4 Å². The highest BCUT2D eigenvalue weighted by Gasteiger charge is 2.20. The Labute approximate surface area is 74.6 Å². The number of hydrogen-bond donors (Lipinski definition) is 4. The Morgan fingerprint density at radius 1 is 1.69 bits per heavy atom. The molecule has 0 saturated carbocycles. The standard InChI is InChI=1S/C4H10N4O4S/c5-3(4(9)10)1-13(11,12)8-2-7-6/h2-3H,1,5-6H2,(H,7,8)(H,9,10)/t3-/m0/s1. The Kier molecular flexibility index (Phi) is 4.31. The van der Waals surface area contributed by atoms with Gasteiger partial charge in [-0.1, -0.05) is 0 Å². The largest absolute Gasteiger partial charge is 0.480 e. The number of aliphatic carboxylic acids is 1. The lowest BCUT2D eigenvalue weighted by Crippen LogP contribution is -2.37. The molecule has 0 fully saturated rings. The van der Waals surface area contributed by atoms with Crippen molar-refractivity contribution < 1.29 is 18.3 Å². The van der Waals surface area contributed by atoms with E-state index in [0.717, 1.165) is 6.34 Å². The first-order valence-corrected chi connectivity index (χ1v) is 4.71. The molecular weight excluding hydrogens is 200 g/mol. The molecule has 0 aromatic carbocycles. The Hall–Kier alpha value is -1.19. The van der Waals surface area contributed by atoms with Crippen LogP contribution in [0.15, 0.2) is 4.40 Å². The molecule has 0 aliphatic heterocycles. The van der Waals surface area contributed by atoms with E-state index >= 15 is 0 Å². The number of hydrazine groups is 1. The van der Waals surface area contributed by atoms with Gasteiger partial charge >= 0.3 is 5.97 Å². The molecule has 0 rings (SSSR count). The van der Waals surface area contributed by atoms with Gasteiger partial charge in [-0.05, 0) is 0 Å². The van der Waals surface area contributed by atoms with E-state index < -0.39 is 27.8 Å². The van der Waals surface area contributed by atoms with Gasteiger partial charge in [0.15, 0.2) is 0 Å². The second-order valence-electron chi connectivity index (χ2n) is 2.09. The summed E-state index contributed by atoms with van der Waals surface area (Å²) in [4.78, 5) is 10.2. The van der Waals surface area contributed by atoms with Crippen LogP contribution in [0.4, 0.5) is 0 Å². The molecule has 0 aliphatic carbocycles. The van der Waals surface area contributed by atoms with E-state index in [1.54, 1.807) is 0 Å². The number of nitrogens with two attached hydrogens (primary N) is 2. The number of carboxylic acid groups (broad SMARTS) is 1. The number of nitrogens with zero attached hydrogens (tertiary/aromatic N) is 1. The van der Waals surface area contributed by atoms with E-state index in [-0.39, 0.29) is 0 Å². The van der Waals surface area contributed by atoms with Crippen LogP contribution in [0.25, 0.3) is 0 Å². The van der Waals surface area contributed by atoms with E-state index in [9.17, 15) is 13.2 Å². The lowest BCUT2D eigenvalue weighted by atomic mass is 10.4. The predicted molar refractivity (Wildman–Crippen MR) is 45.2 cm³/mol. The topological polar surface area (TPSA) is 148 Å². The summed E-state index contributed by atoms with van der Waals surface area (Å²) in [6, 6.07) is -1.49. The fourth-order valence-electron chi connectivity index (χ4n) is 0.452. The first kappa shape index (κ1) is 11.8. The van der Waals surface area contributed by atoms with Gasteiger partial charge in [0, 0.05) is 0 Å². The molecule has 1 atom stereocenters. The molecule has 8 nitrogen and oxygen atoms in total. The molecule has 76 valence electrons. The van der Waals surface area contributed by atoms with E-state index in [1.807, 2.05) is 5.43 Å². The van der Waals surface area contributed by atoms with Crippen molar-refractivity contribution in [3.63, 3.8) is 0 Å². The molecule has 0 amide bonds. The molecule has 0 spiro atoms. The van der Waals surface area contributed by atoms with Crippen LogP contribution in [-0.2, 0) is 14.8 Å². The molecule has 0 saturated heterocycles. The van der Waals surface area contributed by atoms with Crippen molar-refractivity contribution in [3.05, 3.63) is 0 Å². The summed E-state index contributed by atoms with van der Waals surface area (Å²) in [5.41, 5.74) is 6.84. The molecule has 0 aromatic heterocycles. The maximum atomic E-state index is 10.9. The molecular formula is C4H10N4O4S. The highest BCUT2D eigenvalue weighted by atomic mass is 32.2. The van der Waals surface area contributed by atoms with Crippen molar-refractivity contribution in [2.45, 2.75) is 6.04 Å². The van der Waals surface area contributed by atoms with Gasteiger partial charge in [0.05, 0.1) is 5.75 Å². The zero-order valence-electron chi connectivity index (χ0n) is 6.54. The van der Waals surface area contributed by atoms with Crippen LogP contribution in [0.1, 0.15) is 0 Å². The number of sulfonamides is 1. The fourth-order valence-corrected chi connectivity index (χ4v) is 1.36. The van der Waals surface area contributed by atoms with Crippen LogP contribution in [0.3, 0.4) is 0 Å². The van der Waals surface area contributed by atoms with Crippen molar-refractivity contribution in [3.8, 4) is 0 Å². The zero-order valence-corrected chi connectivity index (χ0v) is 7.36. The van der Waals surface area contributed by atoms with Crippen molar-refractivity contribution in [2.24, 2.45) is 16.0 Å². The van der Waals surface area contributed by atoms with E-state index in [0.29, 0.717) is 0 Å². The van der Waals surface area contributed by atoms with Crippen LogP contribution in [0, 0.1) is 0 Å².